The number of amides is 3. The number of aliphatic carboxylic acids is 1. The van der Waals surface area contributed by atoms with E-state index in [0.717, 1.165) is 0 Å². The maximum absolute atomic E-state index is 12.1. The Hall–Kier alpha value is -1.83. The number of nitrogens with two attached hydrogens (primary N) is 1. The molecule has 3 amide bonds. The quantitative estimate of drug-likeness (QED) is 0.609. The van der Waals surface area contributed by atoms with Crippen molar-refractivity contribution in [1.29, 1.82) is 0 Å². The van der Waals surface area contributed by atoms with Crippen LogP contribution >= 0.6 is 0 Å². The van der Waals surface area contributed by atoms with E-state index in [4.69, 9.17) is 15.6 Å². The smallest absolute Gasteiger partial charge is 0.318 e. The van der Waals surface area contributed by atoms with E-state index in [1.165, 1.54) is 4.90 Å². The summed E-state index contributed by atoms with van der Waals surface area (Å²) in [5.74, 6) is -1.45. The van der Waals surface area contributed by atoms with Crippen molar-refractivity contribution in [3.8, 4) is 0 Å². The number of hydrogen-bond acceptors (Lipinski definition) is 4. The molecule has 1 saturated heterocycles. The summed E-state index contributed by atoms with van der Waals surface area (Å²) in [6, 6.07) is -1.30. The lowest BCUT2D eigenvalue weighted by atomic mass is 10.1. The van der Waals surface area contributed by atoms with Crippen LogP contribution in [0, 0.1) is 0 Å². The average Bonchev–Trinajstić information content (AvgIpc) is 2.38. The highest BCUT2D eigenvalue weighted by Gasteiger charge is 2.31. The number of ether oxygens (including phenoxy) is 1. The zero-order valence-electron chi connectivity index (χ0n) is 11.5. The van der Waals surface area contributed by atoms with E-state index in [0.29, 0.717) is 26.0 Å². The number of nitrogens with zero attached hydrogens (tertiary/aromatic N) is 1. The molecule has 1 fully saturated rings. The normalized spacial score (nSPS) is 20.2. The average molecular weight is 287 g/mol. The first-order chi connectivity index (χ1) is 9.41. The van der Waals surface area contributed by atoms with Gasteiger partial charge in [0.1, 0.15) is 6.04 Å². The van der Waals surface area contributed by atoms with E-state index in [2.05, 4.69) is 5.32 Å². The minimum absolute atomic E-state index is 0.0711. The van der Waals surface area contributed by atoms with Crippen LogP contribution in [0.15, 0.2) is 0 Å². The number of urea groups is 1. The fourth-order valence-corrected chi connectivity index (χ4v) is 2.01. The molecule has 0 aliphatic carbocycles. The molecule has 0 radical (unpaired) electrons. The van der Waals surface area contributed by atoms with Crippen molar-refractivity contribution in [3.63, 3.8) is 0 Å². The first kappa shape index (κ1) is 16.2. The van der Waals surface area contributed by atoms with Crippen LogP contribution in [0.25, 0.3) is 0 Å². The van der Waals surface area contributed by atoms with Crippen molar-refractivity contribution in [1.82, 2.24) is 10.2 Å². The van der Waals surface area contributed by atoms with Crippen LogP contribution in [-0.4, -0.2) is 59.8 Å². The van der Waals surface area contributed by atoms with Gasteiger partial charge in [-0.1, -0.05) is 0 Å². The number of carbonyl (C=O) groups is 3. The van der Waals surface area contributed by atoms with Gasteiger partial charge in [-0.3, -0.25) is 9.59 Å². The van der Waals surface area contributed by atoms with Gasteiger partial charge in [-0.2, -0.15) is 0 Å². The Bertz CT molecular complexity index is 374. The van der Waals surface area contributed by atoms with E-state index < -0.39 is 17.9 Å². The van der Waals surface area contributed by atoms with Crippen molar-refractivity contribution in [3.05, 3.63) is 0 Å². The van der Waals surface area contributed by atoms with Crippen LogP contribution < -0.4 is 11.1 Å². The molecule has 0 aromatic carbocycles. The summed E-state index contributed by atoms with van der Waals surface area (Å²) in [5.41, 5.74) is 5.23. The Morgan fingerprint density at radius 2 is 2.20 bits per heavy atom. The molecule has 1 heterocycles. The van der Waals surface area contributed by atoms with Crippen LogP contribution in [0.4, 0.5) is 4.79 Å². The molecule has 8 heteroatoms. The molecule has 114 valence electrons. The second kappa shape index (κ2) is 7.68. The van der Waals surface area contributed by atoms with Crippen molar-refractivity contribution in [2.75, 3.05) is 19.8 Å². The molecular formula is C12H21N3O5. The van der Waals surface area contributed by atoms with Gasteiger partial charge >= 0.3 is 12.0 Å². The number of rotatable bonds is 6. The van der Waals surface area contributed by atoms with Gasteiger partial charge in [-0.15, -0.1) is 0 Å². The minimum atomic E-state index is -0.856. The SMILES string of the molecule is CC(CCCC(=O)O)NC(=O)N1CCOCC1C(N)=O. The summed E-state index contributed by atoms with van der Waals surface area (Å²) in [6.07, 6.45) is 1.12. The molecule has 1 rings (SSSR count). The molecule has 0 aromatic rings. The summed E-state index contributed by atoms with van der Waals surface area (Å²) in [7, 11) is 0. The number of nitrogens with one attached hydrogen (secondary N) is 1. The third kappa shape index (κ3) is 5.04. The summed E-state index contributed by atoms with van der Waals surface area (Å²) in [6.45, 7) is 2.57. The Morgan fingerprint density at radius 1 is 1.50 bits per heavy atom. The van der Waals surface area contributed by atoms with Gasteiger partial charge in [-0.05, 0) is 19.8 Å². The van der Waals surface area contributed by atoms with E-state index in [9.17, 15) is 14.4 Å². The summed E-state index contributed by atoms with van der Waals surface area (Å²) >= 11 is 0. The molecule has 0 saturated carbocycles. The van der Waals surface area contributed by atoms with Gasteiger partial charge in [-0.25, -0.2) is 4.79 Å². The fourth-order valence-electron chi connectivity index (χ4n) is 2.01. The predicted octanol–water partition coefficient (Wildman–Crippen LogP) is -0.474. The van der Waals surface area contributed by atoms with E-state index >= 15 is 0 Å². The van der Waals surface area contributed by atoms with Gasteiger partial charge in [0.05, 0.1) is 13.2 Å². The predicted molar refractivity (Wildman–Crippen MR) is 70.0 cm³/mol. The Morgan fingerprint density at radius 3 is 2.80 bits per heavy atom. The molecule has 0 aromatic heterocycles. The number of morpholine rings is 1. The maximum Gasteiger partial charge on any atom is 0.318 e. The molecule has 20 heavy (non-hydrogen) atoms. The first-order valence-electron chi connectivity index (χ1n) is 6.57. The summed E-state index contributed by atoms with van der Waals surface area (Å²) in [5, 5.41) is 11.3. The van der Waals surface area contributed by atoms with Gasteiger partial charge in [0, 0.05) is 19.0 Å². The summed E-state index contributed by atoms with van der Waals surface area (Å²) in [4.78, 5) is 35.1. The molecule has 0 spiro atoms. The Kier molecular flexibility index (Phi) is 6.23. The van der Waals surface area contributed by atoms with Crippen LogP contribution in [0.2, 0.25) is 0 Å². The second-order valence-electron chi connectivity index (χ2n) is 4.82. The van der Waals surface area contributed by atoms with Gasteiger partial charge in [0.25, 0.3) is 0 Å². The zero-order valence-corrected chi connectivity index (χ0v) is 11.5. The highest BCUT2D eigenvalue weighted by molar-refractivity contribution is 5.86. The molecule has 8 nitrogen and oxygen atoms in total. The lowest BCUT2D eigenvalue weighted by Crippen LogP contribution is -2.58. The molecule has 4 N–H and O–H groups in total. The van der Waals surface area contributed by atoms with Crippen molar-refractivity contribution >= 4 is 17.9 Å². The molecule has 2 atom stereocenters. The molecule has 1 aliphatic heterocycles. The molecule has 2 unspecified atom stereocenters. The number of primary amides is 1. The second-order valence-corrected chi connectivity index (χ2v) is 4.82. The molecule has 0 bridgehead atoms. The standard InChI is InChI=1S/C12H21N3O5/c1-8(3-2-4-10(16)17)14-12(19)15-5-6-20-7-9(15)11(13)18/h8-9H,2-7H2,1H3,(H2,13,18)(H,14,19)(H,16,17). The third-order valence-electron chi connectivity index (χ3n) is 3.12. The van der Waals surface area contributed by atoms with Crippen LogP contribution in [0.5, 0.6) is 0 Å². The highest BCUT2D eigenvalue weighted by atomic mass is 16.5. The Balaban J connectivity index is 2.43. The van der Waals surface area contributed by atoms with E-state index in [-0.39, 0.29) is 25.1 Å². The maximum atomic E-state index is 12.1. The minimum Gasteiger partial charge on any atom is -0.481 e. The number of carbonyl (C=O) groups excluding carboxylic acids is 2. The zero-order chi connectivity index (χ0) is 15.1. The van der Waals surface area contributed by atoms with Crippen LogP contribution in [0.1, 0.15) is 26.2 Å². The number of carboxylic acid groups (broad SMARTS) is 1. The molecular weight excluding hydrogens is 266 g/mol. The fraction of sp³-hybridized carbons (Fsp3) is 0.750. The van der Waals surface area contributed by atoms with E-state index in [1.807, 2.05) is 0 Å². The number of carboxylic acids is 1. The van der Waals surface area contributed by atoms with Crippen LogP contribution in [0.3, 0.4) is 0 Å². The summed E-state index contributed by atoms with van der Waals surface area (Å²) < 4.78 is 5.13. The van der Waals surface area contributed by atoms with Crippen molar-refractivity contribution in [2.24, 2.45) is 5.73 Å². The largest absolute Gasteiger partial charge is 0.481 e. The third-order valence-corrected chi connectivity index (χ3v) is 3.12. The van der Waals surface area contributed by atoms with E-state index in [1.54, 1.807) is 6.92 Å². The lowest BCUT2D eigenvalue weighted by molar-refractivity contribution is -0.137. The van der Waals surface area contributed by atoms with Gasteiger partial charge in [0.15, 0.2) is 0 Å². The van der Waals surface area contributed by atoms with Crippen LogP contribution in [-0.2, 0) is 14.3 Å². The van der Waals surface area contributed by atoms with Crippen molar-refractivity contribution in [2.45, 2.75) is 38.3 Å². The monoisotopic (exact) mass is 287 g/mol. The lowest BCUT2D eigenvalue weighted by Gasteiger charge is -2.34. The first-order valence-corrected chi connectivity index (χ1v) is 6.57. The molecule has 1 aliphatic rings. The highest BCUT2D eigenvalue weighted by Crippen LogP contribution is 2.08. The van der Waals surface area contributed by atoms with Gasteiger partial charge in [0.2, 0.25) is 5.91 Å². The van der Waals surface area contributed by atoms with Gasteiger partial charge < -0.3 is 25.8 Å². The Labute approximate surface area is 117 Å². The topological polar surface area (TPSA) is 122 Å². The number of hydrogen-bond donors (Lipinski definition) is 3. The van der Waals surface area contributed by atoms with Crippen molar-refractivity contribution < 1.29 is 24.2 Å².